The Kier molecular flexibility index (Phi) is 7.41. The summed E-state index contributed by atoms with van der Waals surface area (Å²) < 4.78 is 19.4. The van der Waals surface area contributed by atoms with Gasteiger partial charge in [0.25, 0.3) is 5.91 Å². The van der Waals surface area contributed by atoms with Gasteiger partial charge in [-0.15, -0.1) is 0 Å². The molecule has 0 aromatic heterocycles. The first-order valence-electron chi connectivity index (χ1n) is 10.2. The second kappa shape index (κ2) is 10.2. The second-order valence-corrected chi connectivity index (χ2v) is 7.85. The van der Waals surface area contributed by atoms with E-state index in [9.17, 15) is 14.0 Å². The third kappa shape index (κ3) is 6.03. The highest BCUT2D eigenvalue weighted by molar-refractivity contribution is 5.94. The zero-order chi connectivity index (χ0) is 21.5. The molecule has 3 amide bonds. The van der Waals surface area contributed by atoms with Crippen molar-refractivity contribution in [2.24, 2.45) is 5.92 Å². The van der Waals surface area contributed by atoms with Gasteiger partial charge < -0.3 is 19.9 Å². The number of carbonyl (C=O) groups is 2. The van der Waals surface area contributed by atoms with E-state index in [0.717, 1.165) is 5.69 Å². The molecule has 2 aromatic rings. The average Bonchev–Trinajstić information content (AvgIpc) is 2.73. The minimum Gasteiger partial charge on any atom is -0.373 e. The Balaban J connectivity index is 1.65. The van der Waals surface area contributed by atoms with Crippen LogP contribution in [0.1, 0.15) is 24.2 Å². The van der Waals surface area contributed by atoms with E-state index in [2.05, 4.69) is 5.32 Å². The number of ether oxygens (including phenoxy) is 1. The molecule has 7 heteroatoms. The highest BCUT2D eigenvalue weighted by Crippen LogP contribution is 2.15. The van der Waals surface area contributed by atoms with E-state index in [1.54, 1.807) is 15.9 Å². The third-order valence-corrected chi connectivity index (χ3v) is 4.82. The van der Waals surface area contributed by atoms with Gasteiger partial charge in [-0.3, -0.25) is 4.79 Å². The van der Waals surface area contributed by atoms with Gasteiger partial charge in [0.15, 0.2) is 0 Å². The molecule has 2 aromatic carbocycles. The lowest BCUT2D eigenvalue weighted by molar-refractivity contribution is -0.0272. The molecule has 1 saturated heterocycles. The van der Waals surface area contributed by atoms with E-state index in [1.807, 2.05) is 44.2 Å². The van der Waals surface area contributed by atoms with E-state index >= 15 is 0 Å². The third-order valence-electron chi connectivity index (χ3n) is 4.82. The Morgan fingerprint density at radius 1 is 1.20 bits per heavy atom. The molecule has 6 nitrogen and oxygen atoms in total. The molecule has 0 radical (unpaired) electrons. The van der Waals surface area contributed by atoms with E-state index in [4.69, 9.17) is 4.74 Å². The van der Waals surface area contributed by atoms with Crippen LogP contribution < -0.4 is 5.32 Å². The SMILES string of the molecule is CC(C)CN(C[C@@H]1CN(C(=O)Nc2ccccc2)CCO1)C(=O)c1cccc(F)c1. The normalized spacial score (nSPS) is 16.4. The fourth-order valence-corrected chi connectivity index (χ4v) is 3.47. The van der Waals surface area contributed by atoms with E-state index in [0.29, 0.717) is 38.3 Å². The topological polar surface area (TPSA) is 61.9 Å². The molecule has 30 heavy (non-hydrogen) atoms. The standard InChI is InChI=1S/C23H28FN3O3/c1-17(2)14-27(22(28)18-7-6-8-19(24)13-18)16-21-15-26(11-12-30-21)23(29)25-20-9-4-3-5-10-20/h3-10,13,17,21H,11-12,14-16H2,1-2H3,(H,25,29)/t21-/m0/s1. The Morgan fingerprint density at radius 3 is 2.67 bits per heavy atom. The van der Waals surface area contributed by atoms with Gasteiger partial charge in [0, 0.05) is 30.9 Å². The molecule has 0 saturated carbocycles. The van der Waals surface area contributed by atoms with Crippen LogP contribution in [-0.2, 0) is 4.74 Å². The summed E-state index contributed by atoms with van der Waals surface area (Å²) in [5, 5.41) is 2.88. The molecule has 0 bridgehead atoms. The number of hydrogen-bond acceptors (Lipinski definition) is 3. The fraction of sp³-hybridized carbons (Fsp3) is 0.391. The summed E-state index contributed by atoms with van der Waals surface area (Å²) in [7, 11) is 0. The number of benzene rings is 2. The minimum absolute atomic E-state index is 0.193. The summed E-state index contributed by atoms with van der Waals surface area (Å²) in [6.45, 7) is 6.16. The molecule has 0 aliphatic carbocycles. The second-order valence-electron chi connectivity index (χ2n) is 7.85. The average molecular weight is 413 g/mol. The van der Waals surface area contributed by atoms with Crippen molar-refractivity contribution >= 4 is 17.6 Å². The number of para-hydroxylation sites is 1. The van der Waals surface area contributed by atoms with Crippen LogP contribution in [0.3, 0.4) is 0 Å². The smallest absolute Gasteiger partial charge is 0.322 e. The number of carbonyl (C=O) groups excluding carboxylic acids is 2. The van der Waals surface area contributed by atoms with Gasteiger partial charge in [0.1, 0.15) is 5.82 Å². The van der Waals surface area contributed by atoms with Gasteiger partial charge in [0.05, 0.1) is 19.3 Å². The maximum atomic E-state index is 13.6. The summed E-state index contributed by atoms with van der Waals surface area (Å²) in [4.78, 5) is 29.0. The van der Waals surface area contributed by atoms with Crippen LogP contribution >= 0.6 is 0 Å². The lowest BCUT2D eigenvalue weighted by Crippen LogP contribution is -2.52. The lowest BCUT2D eigenvalue weighted by Gasteiger charge is -2.36. The van der Waals surface area contributed by atoms with Crippen LogP contribution in [-0.4, -0.2) is 60.6 Å². The largest absolute Gasteiger partial charge is 0.373 e. The van der Waals surface area contributed by atoms with Crippen LogP contribution in [0.25, 0.3) is 0 Å². The molecule has 0 unspecified atom stereocenters. The molecule has 1 heterocycles. The number of hydrogen-bond donors (Lipinski definition) is 1. The quantitative estimate of drug-likeness (QED) is 0.782. The summed E-state index contributed by atoms with van der Waals surface area (Å²) in [5.41, 5.74) is 1.04. The number of morpholine rings is 1. The van der Waals surface area contributed by atoms with E-state index < -0.39 is 5.82 Å². The number of amides is 3. The molecule has 1 aliphatic heterocycles. The van der Waals surface area contributed by atoms with E-state index in [1.165, 1.54) is 18.2 Å². The van der Waals surface area contributed by atoms with Crippen molar-refractivity contribution in [3.63, 3.8) is 0 Å². The number of nitrogens with one attached hydrogen (secondary N) is 1. The zero-order valence-electron chi connectivity index (χ0n) is 17.4. The predicted octanol–water partition coefficient (Wildman–Crippen LogP) is 3.86. The summed E-state index contributed by atoms with van der Waals surface area (Å²) in [5.74, 6) is -0.440. The van der Waals surface area contributed by atoms with Gasteiger partial charge >= 0.3 is 6.03 Å². The zero-order valence-corrected chi connectivity index (χ0v) is 17.4. The van der Waals surface area contributed by atoms with Gasteiger partial charge in [0.2, 0.25) is 0 Å². The number of anilines is 1. The first-order valence-corrected chi connectivity index (χ1v) is 10.2. The van der Waals surface area contributed by atoms with Crippen LogP contribution in [0.2, 0.25) is 0 Å². The number of halogens is 1. The van der Waals surface area contributed by atoms with E-state index in [-0.39, 0.29) is 24.0 Å². The molecular weight excluding hydrogens is 385 g/mol. The monoisotopic (exact) mass is 413 g/mol. The van der Waals surface area contributed by atoms with Crippen molar-refractivity contribution in [2.45, 2.75) is 20.0 Å². The molecule has 1 fully saturated rings. The van der Waals surface area contributed by atoms with Crippen molar-refractivity contribution in [1.82, 2.24) is 9.80 Å². The number of rotatable bonds is 6. The highest BCUT2D eigenvalue weighted by atomic mass is 19.1. The van der Waals surface area contributed by atoms with Gasteiger partial charge in [-0.2, -0.15) is 0 Å². The molecule has 0 spiro atoms. The van der Waals surface area contributed by atoms with Crippen molar-refractivity contribution in [1.29, 1.82) is 0 Å². The molecule has 160 valence electrons. The first kappa shape index (κ1) is 21.8. The Morgan fingerprint density at radius 2 is 1.97 bits per heavy atom. The molecule has 3 rings (SSSR count). The molecule has 1 atom stereocenters. The summed E-state index contributed by atoms with van der Waals surface area (Å²) in [6, 6.07) is 14.8. The highest BCUT2D eigenvalue weighted by Gasteiger charge is 2.28. The van der Waals surface area contributed by atoms with Crippen molar-refractivity contribution in [3.05, 3.63) is 66.0 Å². The Labute approximate surface area is 176 Å². The van der Waals surface area contributed by atoms with Crippen molar-refractivity contribution in [2.75, 3.05) is 38.1 Å². The Bertz CT molecular complexity index is 860. The molecule has 1 aliphatic rings. The van der Waals surface area contributed by atoms with Crippen molar-refractivity contribution < 1.29 is 18.7 Å². The first-order chi connectivity index (χ1) is 14.4. The summed E-state index contributed by atoms with van der Waals surface area (Å²) >= 11 is 0. The maximum Gasteiger partial charge on any atom is 0.322 e. The molecule has 1 N–H and O–H groups in total. The van der Waals surface area contributed by atoms with Crippen molar-refractivity contribution in [3.8, 4) is 0 Å². The Hall–Kier alpha value is -2.93. The van der Waals surface area contributed by atoms with Gasteiger partial charge in [-0.05, 0) is 36.2 Å². The number of nitrogens with zero attached hydrogens (tertiary/aromatic N) is 2. The van der Waals surface area contributed by atoms with Gasteiger partial charge in [-0.25, -0.2) is 9.18 Å². The minimum atomic E-state index is -0.442. The van der Waals surface area contributed by atoms with Crippen LogP contribution in [0.4, 0.5) is 14.9 Å². The van der Waals surface area contributed by atoms with Crippen LogP contribution in [0.15, 0.2) is 54.6 Å². The van der Waals surface area contributed by atoms with Crippen LogP contribution in [0.5, 0.6) is 0 Å². The number of urea groups is 1. The fourth-order valence-electron chi connectivity index (χ4n) is 3.47. The molecular formula is C23H28FN3O3. The maximum absolute atomic E-state index is 13.6. The summed E-state index contributed by atoms with van der Waals surface area (Å²) in [6.07, 6.45) is -0.309. The van der Waals surface area contributed by atoms with Gasteiger partial charge in [-0.1, -0.05) is 38.1 Å². The predicted molar refractivity (Wildman–Crippen MR) is 114 cm³/mol. The lowest BCUT2D eigenvalue weighted by atomic mass is 10.1. The van der Waals surface area contributed by atoms with Crippen LogP contribution in [0, 0.1) is 11.7 Å².